The molecule has 1 aliphatic carbocycles. The Balaban J connectivity index is 1.38. The van der Waals surface area contributed by atoms with Crippen molar-refractivity contribution in [2.45, 2.75) is 50.5 Å². The minimum absolute atomic E-state index is 0.0597. The van der Waals surface area contributed by atoms with E-state index in [1.165, 1.54) is 92.4 Å². The van der Waals surface area contributed by atoms with Crippen LogP contribution < -0.4 is 21.3 Å². The number of nitrogens with zero attached hydrogens (tertiary/aromatic N) is 2. The second-order valence-electron chi connectivity index (χ2n) is 13.6. The van der Waals surface area contributed by atoms with Crippen molar-refractivity contribution < 1.29 is 0 Å². The van der Waals surface area contributed by atoms with Gasteiger partial charge in [-0.3, -0.25) is 0 Å². The number of hydrogen-bond donors (Lipinski definition) is 0. The zero-order valence-electron chi connectivity index (χ0n) is 24.8. The van der Waals surface area contributed by atoms with Gasteiger partial charge in [-0.2, -0.15) is 0 Å². The Bertz CT molecular complexity index is 2130. The van der Waals surface area contributed by atoms with Crippen molar-refractivity contribution >= 4 is 45.4 Å². The quantitative estimate of drug-likeness (QED) is 0.198. The van der Waals surface area contributed by atoms with E-state index in [1.54, 1.807) is 5.56 Å². The van der Waals surface area contributed by atoms with Crippen molar-refractivity contribution in [2.24, 2.45) is 0 Å². The Morgan fingerprint density at radius 1 is 0.628 bits per heavy atom. The molecule has 0 amide bonds. The first-order valence-electron chi connectivity index (χ1n) is 16.0. The van der Waals surface area contributed by atoms with Crippen LogP contribution in [0.2, 0.25) is 0 Å². The molecule has 4 aliphatic rings. The molecule has 5 aromatic carbocycles. The molecule has 0 spiro atoms. The highest BCUT2D eigenvalue weighted by atomic mass is 15.3. The molecule has 6 aromatic rings. The summed E-state index contributed by atoms with van der Waals surface area (Å²) in [6.07, 6.45) is 5.09. The van der Waals surface area contributed by atoms with Gasteiger partial charge in [-0.1, -0.05) is 123 Å². The van der Waals surface area contributed by atoms with Gasteiger partial charge in [0.1, 0.15) is 0 Å². The van der Waals surface area contributed by atoms with Gasteiger partial charge in [0.05, 0.1) is 11.2 Å². The van der Waals surface area contributed by atoms with Gasteiger partial charge in [-0.25, -0.2) is 0 Å². The van der Waals surface area contributed by atoms with Gasteiger partial charge in [0, 0.05) is 38.9 Å². The van der Waals surface area contributed by atoms with Gasteiger partial charge in [-0.15, -0.1) is 0 Å². The molecule has 0 bridgehead atoms. The summed E-state index contributed by atoms with van der Waals surface area (Å²) in [6, 6.07) is 43.5. The van der Waals surface area contributed by atoms with Crippen LogP contribution >= 0.6 is 0 Å². The Morgan fingerprint density at radius 2 is 1.30 bits per heavy atom. The maximum atomic E-state index is 2.81. The lowest BCUT2D eigenvalue weighted by Gasteiger charge is -2.52. The molecule has 43 heavy (non-hydrogen) atoms. The summed E-state index contributed by atoms with van der Waals surface area (Å²) < 4.78 is 2.62. The predicted octanol–water partition coefficient (Wildman–Crippen LogP) is 7.85. The van der Waals surface area contributed by atoms with Crippen molar-refractivity contribution in [3.05, 3.63) is 121 Å². The molecule has 0 saturated heterocycles. The van der Waals surface area contributed by atoms with E-state index in [9.17, 15) is 0 Å². The normalized spacial score (nSPS) is 22.4. The summed E-state index contributed by atoms with van der Waals surface area (Å²) >= 11 is 0. The highest BCUT2D eigenvalue weighted by molar-refractivity contribution is 7.00. The Morgan fingerprint density at radius 3 is 2.12 bits per heavy atom. The number of aromatic nitrogens is 1. The van der Waals surface area contributed by atoms with Gasteiger partial charge in [-0.05, 0) is 65.0 Å². The molecule has 0 radical (unpaired) electrons. The average molecular weight is 553 g/mol. The highest BCUT2D eigenvalue weighted by Crippen LogP contribution is 2.61. The molecular weight excluding hydrogens is 519 g/mol. The van der Waals surface area contributed by atoms with Crippen molar-refractivity contribution in [1.82, 2.24) is 4.57 Å². The number of benzene rings is 5. The summed E-state index contributed by atoms with van der Waals surface area (Å²) in [7, 11) is 0. The van der Waals surface area contributed by atoms with Crippen LogP contribution in [-0.2, 0) is 5.41 Å². The van der Waals surface area contributed by atoms with Crippen LogP contribution in [0, 0.1) is 0 Å². The van der Waals surface area contributed by atoms with Crippen molar-refractivity contribution in [1.29, 1.82) is 0 Å². The lowest BCUT2D eigenvalue weighted by Crippen LogP contribution is -2.64. The van der Waals surface area contributed by atoms with E-state index in [1.807, 2.05) is 0 Å². The monoisotopic (exact) mass is 552 g/mol. The third-order valence-electron chi connectivity index (χ3n) is 11.7. The van der Waals surface area contributed by atoms with Gasteiger partial charge in [0.2, 0.25) is 0 Å². The van der Waals surface area contributed by atoms with Crippen molar-refractivity contribution in [3.63, 3.8) is 0 Å². The first kappa shape index (κ1) is 24.0. The van der Waals surface area contributed by atoms with E-state index in [2.05, 4.69) is 139 Å². The van der Waals surface area contributed by atoms with E-state index in [0.717, 1.165) is 0 Å². The number of para-hydroxylation sites is 2. The molecule has 2 atom stereocenters. The van der Waals surface area contributed by atoms with Crippen LogP contribution in [0.25, 0.3) is 39.0 Å². The first-order valence-corrected chi connectivity index (χ1v) is 16.0. The number of hydrogen-bond acceptors (Lipinski definition) is 1. The molecule has 2 nitrogen and oxygen atoms in total. The molecular formula is C40H33BN2. The summed E-state index contributed by atoms with van der Waals surface area (Å²) in [5.41, 5.74) is 16.9. The van der Waals surface area contributed by atoms with Crippen LogP contribution in [-0.4, -0.2) is 16.8 Å². The third kappa shape index (κ3) is 2.73. The predicted molar refractivity (Wildman–Crippen MR) is 182 cm³/mol. The topological polar surface area (TPSA) is 8.17 Å². The molecule has 206 valence electrons. The molecule has 0 N–H and O–H groups in total. The van der Waals surface area contributed by atoms with E-state index in [-0.39, 0.29) is 17.7 Å². The fourth-order valence-corrected chi connectivity index (χ4v) is 9.71. The molecule has 1 fully saturated rings. The van der Waals surface area contributed by atoms with E-state index < -0.39 is 0 Å². The Hall–Kier alpha value is -4.50. The molecule has 10 rings (SSSR count). The van der Waals surface area contributed by atoms with Crippen LogP contribution in [0.5, 0.6) is 0 Å². The zero-order valence-corrected chi connectivity index (χ0v) is 24.8. The Kier molecular flexibility index (Phi) is 4.53. The summed E-state index contributed by atoms with van der Waals surface area (Å²) in [5, 5.41) is 1.33. The maximum Gasteiger partial charge on any atom is 0.252 e. The fourth-order valence-electron chi connectivity index (χ4n) is 9.71. The zero-order chi connectivity index (χ0) is 28.5. The second-order valence-corrected chi connectivity index (χ2v) is 13.6. The van der Waals surface area contributed by atoms with E-state index >= 15 is 0 Å². The molecule has 1 saturated carbocycles. The van der Waals surface area contributed by atoms with Gasteiger partial charge < -0.3 is 9.47 Å². The SMILES string of the molecule is CC12CCCCC1(C)N1c3cccc4c3B(c3cccc2c31)c1cccc2c(-c3ccccc3)c(-c3ccccc3)n-4c12. The third-order valence-corrected chi connectivity index (χ3v) is 11.7. The summed E-state index contributed by atoms with van der Waals surface area (Å²) in [5.74, 6) is 0. The maximum absolute atomic E-state index is 2.81. The van der Waals surface area contributed by atoms with Crippen LogP contribution in [0.1, 0.15) is 45.1 Å². The second kappa shape index (κ2) is 8.11. The summed E-state index contributed by atoms with van der Waals surface area (Å²) in [4.78, 5) is 2.81. The van der Waals surface area contributed by atoms with Crippen molar-refractivity contribution in [3.8, 4) is 28.1 Å². The highest BCUT2D eigenvalue weighted by Gasteiger charge is 2.60. The minimum atomic E-state index is 0.0597. The molecule has 3 aliphatic heterocycles. The fraction of sp³-hybridized carbons (Fsp3) is 0.200. The van der Waals surface area contributed by atoms with Crippen molar-refractivity contribution in [2.75, 3.05) is 4.90 Å². The molecule has 2 unspecified atom stereocenters. The van der Waals surface area contributed by atoms with Gasteiger partial charge >= 0.3 is 0 Å². The Labute approximate surface area is 253 Å². The molecule has 1 aromatic heterocycles. The smallest absolute Gasteiger partial charge is 0.252 e. The largest absolute Gasteiger partial charge is 0.335 e. The number of anilines is 2. The van der Waals surface area contributed by atoms with E-state index in [4.69, 9.17) is 0 Å². The van der Waals surface area contributed by atoms with Crippen LogP contribution in [0.15, 0.2) is 115 Å². The lowest BCUT2D eigenvalue weighted by molar-refractivity contribution is 0.195. The number of rotatable bonds is 2. The standard InChI is InChI=1S/C40H33BN2/c1-39-24-9-10-25-40(39,2)43-33-23-13-22-32-35(33)41(31-21-12-19-29(39)38(31)43)30-20-11-18-28-34(26-14-5-3-6-15-26)36(42(32)37(28)30)27-16-7-4-8-17-27/h3-8,11-23H,9-10,24-25H2,1-2H3. The molecule has 3 heteroatoms. The lowest BCUT2D eigenvalue weighted by atomic mass is 9.33. The van der Waals surface area contributed by atoms with Gasteiger partial charge in [0.25, 0.3) is 6.71 Å². The summed E-state index contributed by atoms with van der Waals surface area (Å²) in [6.45, 7) is 5.33. The van der Waals surface area contributed by atoms with E-state index in [0.29, 0.717) is 0 Å². The average Bonchev–Trinajstić information content (AvgIpc) is 3.51. The first-order chi connectivity index (χ1) is 21.1. The number of fused-ring (bicyclic) bond motifs is 7. The van der Waals surface area contributed by atoms with Gasteiger partial charge in [0.15, 0.2) is 0 Å². The van der Waals surface area contributed by atoms with Crippen LogP contribution in [0.3, 0.4) is 0 Å². The van der Waals surface area contributed by atoms with Crippen LogP contribution in [0.4, 0.5) is 11.4 Å². The minimum Gasteiger partial charge on any atom is -0.335 e. The molecule has 4 heterocycles.